The van der Waals surface area contributed by atoms with Gasteiger partial charge in [0.25, 0.3) is 0 Å². The van der Waals surface area contributed by atoms with Crippen LogP contribution in [0.2, 0.25) is 0 Å². The molecule has 0 aromatic heterocycles. The molecule has 0 aliphatic heterocycles. The Morgan fingerprint density at radius 2 is 2.15 bits per heavy atom. The van der Waals surface area contributed by atoms with Gasteiger partial charge in [0.15, 0.2) is 0 Å². The lowest BCUT2D eigenvalue weighted by atomic mass is 10.1. The maximum Gasteiger partial charge on any atom is 0.249 e. The molecule has 1 aromatic carbocycles. The first kappa shape index (κ1) is 9.99. The summed E-state index contributed by atoms with van der Waals surface area (Å²) in [4.78, 5) is 11.0. The number of carbonyl (C=O) groups is 1. The summed E-state index contributed by atoms with van der Waals surface area (Å²) < 4.78 is 0. The molecule has 2 N–H and O–H groups in total. The van der Waals surface area contributed by atoms with E-state index < -0.39 is 5.91 Å². The number of benzene rings is 1. The van der Waals surface area contributed by atoms with Gasteiger partial charge < -0.3 is 5.73 Å². The average Bonchev–Trinajstić information content (AvgIpc) is 2.15. The molecule has 0 saturated heterocycles. The van der Waals surface area contributed by atoms with Crippen LogP contribution in [0.25, 0.3) is 6.08 Å². The van der Waals surface area contributed by atoms with Crippen LogP contribution in [0.4, 0.5) is 0 Å². The summed E-state index contributed by atoms with van der Waals surface area (Å²) >= 11 is 3.27. The molecule has 0 radical (unpaired) electrons. The standard InChI is InChI=1S/C10H10BrNO/c11-7-3-5-8-4-1-2-6-9(8)10(12)13/h1-6H,7H2,(H2,12,13). The number of amides is 1. The zero-order chi connectivity index (χ0) is 9.68. The van der Waals surface area contributed by atoms with Crippen LogP contribution < -0.4 is 5.73 Å². The Hall–Kier alpha value is -1.09. The Balaban J connectivity index is 3.05. The van der Waals surface area contributed by atoms with Crippen LogP contribution in [-0.2, 0) is 0 Å². The Labute approximate surface area is 85.6 Å². The van der Waals surface area contributed by atoms with Crippen LogP contribution >= 0.6 is 15.9 Å². The van der Waals surface area contributed by atoms with Crippen molar-refractivity contribution in [2.75, 3.05) is 5.33 Å². The molecule has 1 rings (SSSR count). The third-order valence-electron chi connectivity index (χ3n) is 1.61. The fourth-order valence-electron chi connectivity index (χ4n) is 1.04. The first-order chi connectivity index (χ1) is 6.25. The molecule has 0 saturated carbocycles. The molecule has 2 nitrogen and oxygen atoms in total. The number of allylic oxidation sites excluding steroid dienone is 1. The van der Waals surface area contributed by atoms with E-state index in [1.807, 2.05) is 24.3 Å². The molecular formula is C10H10BrNO. The first-order valence-corrected chi connectivity index (χ1v) is 4.99. The van der Waals surface area contributed by atoms with Crippen molar-refractivity contribution >= 4 is 27.9 Å². The minimum Gasteiger partial charge on any atom is -0.366 e. The minimum absolute atomic E-state index is 0.394. The van der Waals surface area contributed by atoms with Gasteiger partial charge in [0.1, 0.15) is 0 Å². The Morgan fingerprint density at radius 1 is 1.46 bits per heavy atom. The van der Waals surface area contributed by atoms with Gasteiger partial charge >= 0.3 is 0 Å². The van der Waals surface area contributed by atoms with Gasteiger partial charge in [-0.3, -0.25) is 4.79 Å². The number of hydrogen-bond donors (Lipinski definition) is 1. The van der Waals surface area contributed by atoms with Crippen LogP contribution in [0, 0.1) is 0 Å². The molecule has 1 aromatic rings. The first-order valence-electron chi connectivity index (χ1n) is 3.87. The predicted molar refractivity (Wildman–Crippen MR) is 57.8 cm³/mol. The monoisotopic (exact) mass is 239 g/mol. The van der Waals surface area contributed by atoms with Gasteiger partial charge in [-0.1, -0.05) is 46.3 Å². The third-order valence-corrected chi connectivity index (χ3v) is 1.99. The van der Waals surface area contributed by atoms with Gasteiger partial charge in [0, 0.05) is 10.9 Å². The Kier molecular flexibility index (Phi) is 3.71. The van der Waals surface area contributed by atoms with E-state index in [-0.39, 0.29) is 0 Å². The highest BCUT2D eigenvalue weighted by Gasteiger charge is 2.02. The smallest absolute Gasteiger partial charge is 0.249 e. The van der Waals surface area contributed by atoms with Crippen molar-refractivity contribution in [2.24, 2.45) is 5.73 Å². The van der Waals surface area contributed by atoms with Crippen molar-refractivity contribution in [2.45, 2.75) is 0 Å². The topological polar surface area (TPSA) is 43.1 Å². The summed E-state index contributed by atoms with van der Waals surface area (Å²) in [6.45, 7) is 0. The van der Waals surface area contributed by atoms with E-state index in [0.29, 0.717) is 5.56 Å². The van der Waals surface area contributed by atoms with E-state index >= 15 is 0 Å². The molecule has 0 aliphatic rings. The largest absolute Gasteiger partial charge is 0.366 e. The lowest BCUT2D eigenvalue weighted by Crippen LogP contribution is -2.12. The summed E-state index contributed by atoms with van der Waals surface area (Å²) in [6.07, 6.45) is 3.79. The number of nitrogens with two attached hydrogens (primary N) is 1. The predicted octanol–water partition coefficient (Wildman–Crippen LogP) is 2.19. The van der Waals surface area contributed by atoms with Crippen molar-refractivity contribution < 1.29 is 4.79 Å². The lowest BCUT2D eigenvalue weighted by molar-refractivity contribution is 0.1000. The van der Waals surface area contributed by atoms with Gasteiger partial charge in [-0.15, -0.1) is 0 Å². The van der Waals surface area contributed by atoms with Crippen molar-refractivity contribution in [3.05, 3.63) is 41.5 Å². The van der Waals surface area contributed by atoms with Gasteiger partial charge in [-0.25, -0.2) is 0 Å². The van der Waals surface area contributed by atoms with Gasteiger partial charge in [-0.05, 0) is 11.6 Å². The maximum absolute atomic E-state index is 11.0. The van der Waals surface area contributed by atoms with E-state index in [1.54, 1.807) is 12.1 Å². The molecule has 13 heavy (non-hydrogen) atoms. The zero-order valence-corrected chi connectivity index (χ0v) is 8.62. The minimum atomic E-state index is -0.394. The third kappa shape index (κ3) is 2.70. The SMILES string of the molecule is NC(=O)c1ccccc1C=CCBr. The quantitative estimate of drug-likeness (QED) is 0.808. The molecule has 0 aliphatic carbocycles. The summed E-state index contributed by atoms with van der Waals surface area (Å²) in [6, 6.07) is 7.25. The summed E-state index contributed by atoms with van der Waals surface area (Å²) in [5.74, 6) is -0.394. The van der Waals surface area contributed by atoms with E-state index in [1.165, 1.54) is 0 Å². The number of alkyl halides is 1. The molecule has 1 amide bonds. The van der Waals surface area contributed by atoms with E-state index in [9.17, 15) is 4.79 Å². The molecule has 0 heterocycles. The summed E-state index contributed by atoms with van der Waals surface area (Å²) in [5.41, 5.74) is 6.61. The van der Waals surface area contributed by atoms with E-state index in [2.05, 4.69) is 15.9 Å². The Morgan fingerprint density at radius 3 is 2.77 bits per heavy atom. The summed E-state index contributed by atoms with van der Waals surface area (Å²) in [7, 11) is 0. The zero-order valence-electron chi connectivity index (χ0n) is 7.03. The van der Waals surface area contributed by atoms with Crippen LogP contribution in [0.5, 0.6) is 0 Å². The van der Waals surface area contributed by atoms with Crippen LogP contribution in [0.3, 0.4) is 0 Å². The highest BCUT2D eigenvalue weighted by molar-refractivity contribution is 9.09. The number of rotatable bonds is 3. The molecule has 0 atom stereocenters. The van der Waals surface area contributed by atoms with Crippen molar-refractivity contribution in [3.63, 3.8) is 0 Å². The van der Waals surface area contributed by atoms with Gasteiger partial charge in [0.2, 0.25) is 5.91 Å². The average molecular weight is 240 g/mol. The van der Waals surface area contributed by atoms with E-state index in [0.717, 1.165) is 10.9 Å². The fraction of sp³-hybridized carbons (Fsp3) is 0.100. The number of carbonyl (C=O) groups excluding carboxylic acids is 1. The number of hydrogen-bond acceptors (Lipinski definition) is 1. The van der Waals surface area contributed by atoms with Gasteiger partial charge in [-0.2, -0.15) is 0 Å². The van der Waals surface area contributed by atoms with Crippen molar-refractivity contribution in [1.82, 2.24) is 0 Å². The van der Waals surface area contributed by atoms with E-state index in [4.69, 9.17) is 5.73 Å². The van der Waals surface area contributed by atoms with Crippen LogP contribution in [0.15, 0.2) is 30.3 Å². The Bertz CT molecular complexity index is 333. The molecular weight excluding hydrogens is 230 g/mol. The van der Waals surface area contributed by atoms with Crippen LogP contribution in [0.1, 0.15) is 15.9 Å². The second-order valence-electron chi connectivity index (χ2n) is 2.51. The molecule has 0 spiro atoms. The highest BCUT2D eigenvalue weighted by Crippen LogP contribution is 2.09. The van der Waals surface area contributed by atoms with Crippen molar-refractivity contribution in [1.29, 1.82) is 0 Å². The van der Waals surface area contributed by atoms with Crippen molar-refractivity contribution in [3.8, 4) is 0 Å². The number of halogens is 1. The molecule has 0 fully saturated rings. The number of primary amides is 1. The molecule has 3 heteroatoms. The molecule has 68 valence electrons. The van der Waals surface area contributed by atoms with Crippen LogP contribution in [-0.4, -0.2) is 11.2 Å². The highest BCUT2D eigenvalue weighted by atomic mass is 79.9. The normalized spacial score (nSPS) is 10.5. The lowest BCUT2D eigenvalue weighted by Gasteiger charge is -1.99. The van der Waals surface area contributed by atoms with Gasteiger partial charge in [0.05, 0.1) is 0 Å². The summed E-state index contributed by atoms with van der Waals surface area (Å²) in [5, 5.41) is 0.764. The maximum atomic E-state index is 11.0. The second-order valence-corrected chi connectivity index (χ2v) is 3.16. The second kappa shape index (κ2) is 4.82. The molecule has 0 bridgehead atoms. The fourth-order valence-corrected chi connectivity index (χ4v) is 1.23. The molecule has 0 unspecified atom stereocenters.